The first-order chi connectivity index (χ1) is 12.0. The first-order valence-electron chi connectivity index (χ1n) is 8.57. The average molecular weight is 334 g/mol. The van der Waals surface area contributed by atoms with E-state index in [0.717, 1.165) is 19.3 Å². The van der Waals surface area contributed by atoms with E-state index in [1.165, 1.54) is 11.1 Å². The lowest BCUT2D eigenvalue weighted by molar-refractivity contribution is -0.135. The van der Waals surface area contributed by atoms with E-state index in [1.807, 2.05) is 12.1 Å². The minimum atomic E-state index is -0.999. The van der Waals surface area contributed by atoms with Crippen LogP contribution in [0.5, 0.6) is 5.75 Å². The Bertz CT molecular complexity index is 803. The van der Waals surface area contributed by atoms with Gasteiger partial charge < -0.3 is 10.1 Å². The topological polar surface area (TPSA) is 62.1 Å². The van der Waals surface area contributed by atoms with Crippen molar-refractivity contribution in [2.75, 3.05) is 0 Å². The Kier molecular flexibility index (Phi) is 4.76. The highest BCUT2D eigenvalue weighted by Crippen LogP contribution is 2.30. The minimum Gasteiger partial charge on any atom is -0.478 e. The van der Waals surface area contributed by atoms with Crippen molar-refractivity contribution in [3.8, 4) is 11.8 Å². The summed E-state index contributed by atoms with van der Waals surface area (Å²) < 4.78 is 5.87. The van der Waals surface area contributed by atoms with E-state index in [1.54, 1.807) is 38.1 Å². The second kappa shape index (κ2) is 6.98. The minimum absolute atomic E-state index is 0.0290. The molecule has 1 unspecified atom stereocenters. The Morgan fingerprint density at radius 1 is 1.20 bits per heavy atom. The lowest BCUT2D eigenvalue weighted by Crippen LogP contribution is -2.48. The zero-order valence-electron chi connectivity index (χ0n) is 14.6. The molecule has 25 heavy (non-hydrogen) atoms. The van der Waals surface area contributed by atoms with Crippen molar-refractivity contribution in [2.45, 2.75) is 44.8 Å². The van der Waals surface area contributed by atoms with Gasteiger partial charge in [-0.05, 0) is 68.5 Å². The molecule has 1 amide bonds. The van der Waals surface area contributed by atoms with Crippen LogP contribution in [0.2, 0.25) is 0 Å². The summed E-state index contributed by atoms with van der Waals surface area (Å²) in [4.78, 5) is 12.8. The number of nitrogens with zero attached hydrogens (tertiary/aromatic N) is 1. The number of ether oxygens (including phenoxy) is 1. The molecule has 1 aliphatic rings. The van der Waals surface area contributed by atoms with Gasteiger partial charge in [-0.15, -0.1) is 0 Å². The molecule has 0 aliphatic heterocycles. The Morgan fingerprint density at radius 2 is 1.92 bits per heavy atom. The number of rotatable bonds is 4. The van der Waals surface area contributed by atoms with Crippen molar-refractivity contribution in [3.63, 3.8) is 0 Å². The number of nitrogens with one attached hydrogen (secondary N) is 1. The van der Waals surface area contributed by atoms with E-state index >= 15 is 0 Å². The number of aryl methyl sites for hydroxylation is 1. The van der Waals surface area contributed by atoms with Gasteiger partial charge in [0.05, 0.1) is 17.7 Å². The van der Waals surface area contributed by atoms with Crippen LogP contribution in [-0.4, -0.2) is 11.5 Å². The molecule has 0 radical (unpaired) electrons. The van der Waals surface area contributed by atoms with Crippen molar-refractivity contribution in [3.05, 3.63) is 65.2 Å². The third-order valence-electron chi connectivity index (χ3n) is 4.58. The van der Waals surface area contributed by atoms with Crippen molar-refractivity contribution in [2.24, 2.45) is 0 Å². The SMILES string of the molecule is CC(C)(Oc1ccc(C#N)cc1)C(=O)NC1CCCc2ccccc21. The number of amides is 1. The molecular formula is C21H22N2O2. The Balaban J connectivity index is 1.70. The number of hydrogen-bond donors (Lipinski definition) is 1. The van der Waals surface area contributed by atoms with Gasteiger partial charge in [-0.25, -0.2) is 0 Å². The maximum absolute atomic E-state index is 12.8. The molecule has 0 bridgehead atoms. The molecule has 0 heterocycles. The Labute approximate surface area is 148 Å². The largest absolute Gasteiger partial charge is 0.478 e. The van der Waals surface area contributed by atoms with Gasteiger partial charge in [0, 0.05) is 0 Å². The summed E-state index contributed by atoms with van der Waals surface area (Å²) in [7, 11) is 0. The third kappa shape index (κ3) is 3.83. The maximum Gasteiger partial charge on any atom is 0.264 e. The maximum atomic E-state index is 12.8. The van der Waals surface area contributed by atoms with E-state index < -0.39 is 5.60 Å². The monoisotopic (exact) mass is 334 g/mol. The van der Waals surface area contributed by atoms with E-state index in [2.05, 4.69) is 23.5 Å². The molecule has 0 saturated carbocycles. The van der Waals surface area contributed by atoms with Gasteiger partial charge in [0.15, 0.2) is 5.60 Å². The summed E-state index contributed by atoms with van der Waals surface area (Å²) in [6.45, 7) is 3.52. The predicted octanol–water partition coefficient (Wildman–Crippen LogP) is 3.91. The number of nitriles is 1. The molecule has 4 nitrogen and oxygen atoms in total. The molecule has 0 spiro atoms. The summed E-state index contributed by atoms with van der Waals surface area (Å²) in [5.41, 5.74) is 2.08. The lowest BCUT2D eigenvalue weighted by atomic mass is 9.87. The van der Waals surface area contributed by atoms with Gasteiger partial charge in [-0.1, -0.05) is 24.3 Å². The highest BCUT2D eigenvalue weighted by atomic mass is 16.5. The molecular weight excluding hydrogens is 312 g/mol. The van der Waals surface area contributed by atoms with Gasteiger partial charge in [0.1, 0.15) is 5.75 Å². The van der Waals surface area contributed by atoms with Crippen molar-refractivity contribution in [1.29, 1.82) is 5.26 Å². The van der Waals surface area contributed by atoms with Crippen LogP contribution in [0.4, 0.5) is 0 Å². The second-order valence-electron chi connectivity index (χ2n) is 6.87. The molecule has 2 aromatic carbocycles. The van der Waals surface area contributed by atoms with Crippen molar-refractivity contribution >= 4 is 5.91 Å². The summed E-state index contributed by atoms with van der Waals surface area (Å²) in [6, 6.07) is 17.2. The van der Waals surface area contributed by atoms with Crippen LogP contribution in [0.15, 0.2) is 48.5 Å². The molecule has 3 rings (SSSR count). The van der Waals surface area contributed by atoms with Crippen LogP contribution < -0.4 is 10.1 Å². The number of fused-ring (bicyclic) bond motifs is 1. The van der Waals surface area contributed by atoms with Crippen LogP contribution in [0.1, 0.15) is 49.4 Å². The van der Waals surface area contributed by atoms with Gasteiger partial charge in [-0.2, -0.15) is 5.26 Å². The molecule has 0 fully saturated rings. The number of carbonyl (C=O) groups excluding carboxylic acids is 1. The number of hydrogen-bond acceptors (Lipinski definition) is 3. The fourth-order valence-electron chi connectivity index (χ4n) is 3.17. The van der Waals surface area contributed by atoms with Gasteiger partial charge in [-0.3, -0.25) is 4.79 Å². The lowest BCUT2D eigenvalue weighted by Gasteiger charge is -2.31. The van der Waals surface area contributed by atoms with Crippen molar-refractivity contribution < 1.29 is 9.53 Å². The first kappa shape index (κ1) is 17.0. The zero-order valence-corrected chi connectivity index (χ0v) is 14.6. The van der Waals surface area contributed by atoms with E-state index in [4.69, 9.17) is 10.00 Å². The molecule has 0 aromatic heterocycles. The van der Waals surface area contributed by atoms with Crippen LogP contribution >= 0.6 is 0 Å². The summed E-state index contributed by atoms with van der Waals surface area (Å²) in [5, 5.41) is 12.0. The van der Waals surface area contributed by atoms with Gasteiger partial charge in [0.25, 0.3) is 5.91 Å². The molecule has 2 aromatic rings. The van der Waals surface area contributed by atoms with E-state index in [9.17, 15) is 4.79 Å². The van der Waals surface area contributed by atoms with E-state index in [0.29, 0.717) is 11.3 Å². The van der Waals surface area contributed by atoms with Crippen LogP contribution in [0.3, 0.4) is 0 Å². The third-order valence-corrected chi connectivity index (χ3v) is 4.58. The second-order valence-corrected chi connectivity index (χ2v) is 6.87. The number of benzene rings is 2. The zero-order chi connectivity index (χ0) is 17.9. The molecule has 1 atom stereocenters. The number of carbonyl (C=O) groups is 1. The van der Waals surface area contributed by atoms with Crippen LogP contribution in [0.25, 0.3) is 0 Å². The average Bonchev–Trinajstić information content (AvgIpc) is 2.62. The fraction of sp³-hybridized carbons (Fsp3) is 0.333. The fourth-order valence-corrected chi connectivity index (χ4v) is 3.17. The summed E-state index contributed by atoms with van der Waals surface area (Å²) in [6.07, 6.45) is 3.07. The first-order valence-corrected chi connectivity index (χ1v) is 8.57. The standard InChI is InChI=1S/C21H22N2O2/c1-21(2,25-17-12-10-15(14-22)11-13-17)20(24)23-19-9-5-7-16-6-3-4-8-18(16)19/h3-4,6,8,10-13,19H,5,7,9H2,1-2H3,(H,23,24). The summed E-state index contributed by atoms with van der Waals surface area (Å²) in [5.74, 6) is 0.432. The van der Waals surface area contributed by atoms with Crippen LogP contribution in [-0.2, 0) is 11.2 Å². The molecule has 1 N–H and O–H groups in total. The summed E-state index contributed by atoms with van der Waals surface area (Å²) >= 11 is 0. The highest BCUT2D eigenvalue weighted by Gasteiger charge is 2.33. The quantitative estimate of drug-likeness (QED) is 0.922. The molecule has 128 valence electrons. The van der Waals surface area contributed by atoms with Crippen LogP contribution in [0, 0.1) is 11.3 Å². The Hall–Kier alpha value is -2.80. The molecule has 4 heteroatoms. The Morgan fingerprint density at radius 3 is 2.64 bits per heavy atom. The van der Waals surface area contributed by atoms with E-state index in [-0.39, 0.29) is 11.9 Å². The highest BCUT2D eigenvalue weighted by molar-refractivity contribution is 5.85. The van der Waals surface area contributed by atoms with Crippen molar-refractivity contribution in [1.82, 2.24) is 5.32 Å². The van der Waals surface area contributed by atoms with Gasteiger partial charge in [0.2, 0.25) is 0 Å². The predicted molar refractivity (Wildman–Crippen MR) is 96.1 cm³/mol. The van der Waals surface area contributed by atoms with Gasteiger partial charge >= 0.3 is 0 Å². The molecule has 0 saturated heterocycles. The normalized spacial score (nSPS) is 16.4. The smallest absolute Gasteiger partial charge is 0.264 e. The molecule has 1 aliphatic carbocycles.